The number of hydrogen-bond donors (Lipinski definition) is 3. The monoisotopic (exact) mass is 449 g/mol. The van der Waals surface area contributed by atoms with Crippen LogP contribution in [-0.4, -0.2) is 10.9 Å². The highest BCUT2D eigenvalue weighted by Gasteiger charge is 2.09. The fourth-order valence-corrected chi connectivity index (χ4v) is 3.53. The molecule has 6 nitrogen and oxygen atoms in total. The van der Waals surface area contributed by atoms with Crippen LogP contribution in [0.15, 0.2) is 69.4 Å². The van der Waals surface area contributed by atoms with E-state index in [2.05, 4.69) is 39.6 Å². The molecule has 4 aromatic rings. The molecule has 0 amide bonds. The van der Waals surface area contributed by atoms with Crippen molar-refractivity contribution in [3.63, 3.8) is 0 Å². The van der Waals surface area contributed by atoms with E-state index in [0.717, 1.165) is 17.0 Å². The van der Waals surface area contributed by atoms with Gasteiger partial charge >= 0.3 is 0 Å². The number of rotatable bonds is 5. The summed E-state index contributed by atoms with van der Waals surface area (Å²) in [6, 6.07) is 18.1. The van der Waals surface area contributed by atoms with Gasteiger partial charge < -0.3 is 21.2 Å². The first-order chi connectivity index (χ1) is 13.2. The van der Waals surface area contributed by atoms with E-state index in [1.54, 1.807) is 0 Å². The molecular weight excluding hydrogens is 429 g/mol. The Morgan fingerprint density at radius 3 is 2.66 bits per heavy atom. The quantitative estimate of drug-likeness (QED) is 0.300. The number of thiazole rings is 1. The van der Waals surface area contributed by atoms with Gasteiger partial charge in [-0.15, -0.1) is 36.2 Å². The van der Waals surface area contributed by atoms with Gasteiger partial charge in [0.15, 0.2) is 16.9 Å². The zero-order chi connectivity index (χ0) is 18.6. The van der Waals surface area contributed by atoms with Gasteiger partial charge in [0.25, 0.3) is 0 Å². The molecular formula is C20H21Cl2N5OS. The van der Waals surface area contributed by atoms with Crippen molar-refractivity contribution in [2.75, 3.05) is 5.32 Å². The number of nitrogens with one attached hydrogen (secondary N) is 1. The van der Waals surface area contributed by atoms with Gasteiger partial charge in [-0.1, -0.05) is 42.5 Å². The van der Waals surface area contributed by atoms with Gasteiger partial charge in [-0.05, 0) is 28.5 Å². The second-order valence-corrected chi connectivity index (χ2v) is 6.83. The van der Waals surface area contributed by atoms with E-state index in [1.807, 2.05) is 35.7 Å². The number of nitrogens with zero attached hydrogens (tertiary/aromatic N) is 2. The first-order valence-electron chi connectivity index (χ1n) is 8.51. The molecule has 29 heavy (non-hydrogen) atoms. The molecule has 0 spiro atoms. The Bertz CT molecular complexity index is 1100. The molecule has 0 radical (unpaired) electrons. The minimum Gasteiger partial charge on any atom is -0.458 e. The van der Waals surface area contributed by atoms with Crippen LogP contribution < -0.4 is 16.8 Å². The SMILES string of the molecule is Cl.Cl.NCc1ccc(-c2csc(NC(N)=NCc3cccc4ccccc34)n2)o1. The Morgan fingerprint density at radius 2 is 1.86 bits per heavy atom. The lowest BCUT2D eigenvalue weighted by atomic mass is 10.1. The van der Waals surface area contributed by atoms with Crippen LogP contribution >= 0.6 is 36.2 Å². The summed E-state index contributed by atoms with van der Waals surface area (Å²) in [7, 11) is 0. The third-order valence-electron chi connectivity index (χ3n) is 4.15. The Hall–Kier alpha value is -2.58. The lowest BCUT2D eigenvalue weighted by Gasteiger charge is -2.05. The van der Waals surface area contributed by atoms with Gasteiger partial charge in [-0.3, -0.25) is 0 Å². The Morgan fingerprint density at radius 1 is 1.07 bits per heavy atom. The number of nitrogens with two attached hydrogens (primary N) is 2. The smallest absolute Gasteiger partial charge is 0.195 e. The summed E-state index contributed by atoms with van der Waals surface area (Å²) in [5, 5.41) is 7.98. The van der Waals surface area contributed by atoms with Crippen LogP contribution in [0.1, 0.15) is 11.3 Å². The van der Waals surface area contributed by atoms with Crippen LogP contribution in [0, 0.1) is 0 Å². The molecule has 0 aliphatic carbocycles. The summed E-state index contributed by atoms with van der Waals surface area (Å²) >= 11 is 1.44. The van der Waals surface area contributed by atoms with E-state index in [0.29, 0.717) is 29.9 Å². The predicted molar refractivity (Wildman–Crippen MR) is 125 cm³/mol. The molecule has 5 N–H and O–H groups in total. The standard InChI is InChI=1S/C20H19N5OS.2ClH/c21-10-15-8-9-18(26-15)17-12-27-20(24-17)25-19(22)23-11-14-6-3-5-13-4-1-2-7-16(13)14;;/h1-9,12H,10-11,21H2,(H3,22,23,24,25);2*1H. The van der Waals surface area contributed by atoms with E-state index in [-0.39, 0.29) is 24.8 Å². The van der Waals surface area contributed by atoms with Crippen LogP contribution in [0.3, 0.4) is 0 Å². The Labute approximate surface area is 184 Å². The summed E-state index contributed by atoms with van der Waals surface area (Å²) < 4.78 is 5.61. The maximum Gasteiger partial charge on any atom is 0.195 e. The minimum absolute atomic E-state index is 0. The Kier molecular flexibility index (Phi) is 8.04. The van der Waals surface area contributed by atoms with Crippen LogP contribution in [0.5, 0.6) is 0 Å². The molecule has 0 saturated carbocycles. The fourth-order valence-electron chi connectivity index (χ4n) is 2.82. The summed E-state index contributed by atoms with van der Waals surface area (Å²) in [5.41, 5.74) is 13.5. The van der Waals surface area contributed by atoms with E-state index in [1.165, 1.54) is 22.1 Å². The number of benzene rings is 2. The number of aliphatic imine (C=N–C) groups is 1. The zero-order valence-corrected chi connectivity index (χ0v) is 17.8. The van der Waals surface area contributed by atoms with Crippen molar-refractivity contribution < 1.29 is 4.42 Å². The average Bonchev–Trinajstić information content (AvgIpc) is 3.35. The zero-order valence-electron chi connectivity index (χ0n) is 15.4. The fraction of sp³-hybridized carbons (Fsp3) is 0.100. The molecule has 152 valence electrons. The molecule has 2 aromatic carbocycles. The highest BCUT2D eigenvalue weighted by atomic mass is 35.5. The van der Waals surface area contributed by atoms with Crippen molar-refractivity contribution in [3.05, 3.63) is 71.3 Å². The van der Waals surface area contributed by atoms with E-state index in [9.17, 15) is 0 Å². The number of halogens is 2. The van der Waals surface area contributed by atoms with Gasteiger partial charge in [0, 0.05) is 5.38 Å². The minimum atomic E-state index is 0. The maximum atomic E-state index is 6.04. The van der Waals surface area contributed by atoms with Crippen molar-refractivity contribution in [2.24, 2.45) is 16.5 Å². The maximum absolute atomic E-state index is 6.04. The summed E-state index contributed by atoms with van der Waals surface area (Å²) in [4.78, 5) is 8.93. The molecule has 4 rings (SSSR count). The molecule has 0 aliphatic heterocycles. The van der Waals surface area contributed by atoms with E-state index in [4.69, 9.17) is 15.9 Å². The van der Waals surface area contributed by atoms with Crippen molar-refractivity contribution in [1.82, 2.24) is 4.98 Å². The predicted octanol–water partition coefficient (Wildman–Crippen LogP) is 4.79. The van der Waals surface area contributed by atoms with Crippen molar-refractivity contribution in [1.29, 1.82) is 0 Å². The number of fused-ring (bicyclic) bond motifs is 1. The summed E-state index contributed by atoms with van der Waals surface area (Å²) in [6.07, 6.45) is 0. The number of guanidine groups is 1. The average molecular weight is 450 g/mol. The molecule has 0 atom stereocenters. The summed E-state index contributed by atoms with van der Waals surface area (Å²) in [5.74, 6) is 1.74. The van der Waals surface area contributed by atoms with Crippen LogP contribution in [0.25, 0.3) is 22.2 Å². The third kappa shape index (κ3) is 5.27. The van der Waals surface area contributed by atoms with Crippen molar-refractivity contribution in [3.8, 4) is 11.5 Å². The number of anilines is 1. The van der Waals surface area contributed by atoms with E-state index < -0.39 is 0 Å². The second kappa shape index (κ2) is 10.3. The van der Waals surface area contributed by atoms with Crippen molar-refractivity contribution in [2.45, 2.75) is 13.1 Å². The largest absolute Gasteiger partial charge is 0.458 e. The first-order valence-corrected chi connectivity index (χ1v) is 9.39. The first kappa shape index (κ1) is 22.7. The van der Waals surface area contributed by atoms with Crippen LogP contribution in [0.4, 0.5) is 5.13 Å². The van der Waals surface area contributed by atoms with Gasteiger partial charge in [0.05, 0.1) is 13.1 Å². The molecule has 0 aliphatic rings. The summed E-state index contributed by atoms with van der Waals surface area (Å²) in [6.45, 7) is 0.861. The number of hydrogen-bond acceptors (Lipinski definition) is 5. The highest BCUT2D eigenvalue weighted by molar-refractivity contribution is 7.14. The Balaban J connectivity index is 0.00000150. The molecule has 2 heterocycles. The molecule has 0 fully saturated rings. The normalized spacial score (nSPS) is 11.0. The van der Waals surface area contributed by atoms with Gasteiger partial charge in [-0.25, -0.2) is 9.98 Å². The molecule has 2 aromatic heterocycles. The number of furan rings is 1. The molecule has 0 bridgehead atoms. The lowest BCUT2D eigenvalue weighted by Crippen LogP contribution is -2.22. The van der Waals surface area contributed by atoms with Crippen LogP contribution in [0.2, 0.25) is 0 Å². The van der Waals surface area contributed by atoms with Gasteiger partial charge in [0.2, 0.25) is 0 Å². The highest BCUT2D eigenvalue weighted by Crippen LogP contribution is 2.26. The van der Waals surface area contributed by atoms with Crippen molar-refractivity contribution >= 4 is 58.0 Å². The topological polar surface area (TPSA) is 102 Å². The molecule has 0 saturated heterocycles. The lowest BCUT2D eigenvalue weighted by molar-refractivity contribution is 0.524. The van der Waals surface area contributed by atoms with Gasteiger partial charge in [0.1, 0.15) is 11.5 Å². The molecule has 0 unspecified atom stereocenters. The number of aromatic nitrogens is 1. The molecule has 9 heteroatoms. The van der Waals surface area contributed by atoms with E-state index >= 15 is 0 Å². The van der Waals surface area contributed by atoms with Gasteiger partial charge in [-0.2, -0.15) is 0 Å². The van der Waals surface area contributed by atoms with Crippen LogP contribution in [-0.2, 0) is 13.1 Å². The third-order valence-corrected chi connectivity index (χ3v) is 4.91. The second-order valence-electron chi connectivity index (χ2n) is 5.97.